The van der Waals surface area contributed by atoms with Gasteiger partial charge in [0.2, 0.25) is 0 Å². The summed E-state index contributed by atoms with van der Waals surface area (Å²) in [5.41, 5.74) is 2.20. The Morgan fingerprint density at radius 1 is 1.00 bits per heavy atom. The van der Waals surface area contributed by atoms with Crippen molar-refractivity contribution in [3.63, 3.8) is 0 Å². The number of carbonyl (C=O) groups excluding carboxylic acids is 1. The summed E-state index contributed by atoms with van der Waals surface area (Å²) >= 11 is 0. The van der Waals surface area contributed by atoms with Gasteiger partial charge in [-0.3, -0.25) is 0 Å². The monoisotopic (exact) mass is 365 g/mol. The Hall–Kier alpha value is -2.53. The van der Waals surface area contributed by atoms with E-state index in [0.717, 1.165) is 23.9 Å². The molecular weight excluding hydrogens is 338 g/mol. The average molecular weight is 365 g/mol. The second-order valence-corrected chi connectivity index (χ2v) is 7.49. The van der Waals surface area contributed by atoms with E-state index < -0.39 is 6.10 Å². The van der Waals surface area contributed by atoms with Crippen LogP contribution in [0.25, 0.3) is 21.8 Å². The number of benzene rings is 2. The molecular formula is C22H27N3O2. The fraction of sp³-hybridized carbons (Fsp3) is 0.409. The van der Waals surface area contributed by atoms with Crippen LogP contribution >= 0.6 is 0 Å². The lowest BCUT2D eigenvalue weighted by Crippen LogP contribution is -2.45. The molecule has 142 valence electrons. The maximum Gasteiger partial charge on any atom is 0.315 e. The van der Waals surface area contributed by atoms with Crippen molar-refractivity contribution in [2.24, 2.45) is 0 Å². The second-order valence-electron chi connectivity index (χ2n) is 7.49. The third-order valence-corrected chi connectivity index (χ3v) is 5.51. The fourth-order valence-corrected chi connectivity index (χ4v) is 4.17. The number of carbonyl (C=O) groups is 1. The zero-order chi connectivity index (χ0) is 18.6. The Kier molecular flexibility index (Phi) is 5.30. The first kappa shape index (κ1) is 17.9. The Morgan fingerprint density at radius 2 is 1.59 bits per heavy atom. The van der Waals surface area contributed by atoms with Crippen molar-refractivity contribution in [2.45, 2.75) is 50.8 Å². The minimum atomic E-state index is -0.652. The van der Waals surface area contributed by atoms with Gasteiger partial charge in [0.05, 0.1) is 12.6 Å². The van der Waals surface area contributed by atoms with Crippen molar-refractivity contribution >= 4 is 27.8 Å². The molecule has 1 heterocycles. The summed E-state index contributed by atoms with van der Waals surface area (Å²) < 4.78 is 2.13. The predicted molar refractivity (Wildman–Crippen MR) is 109 cm³/mol. The van der Waals surface area contributed by atoms with Crippen LogP contribution in [0.1, 0.15) is 32.1 Å². The molecule has 1 aromatic heterocycles. The van der Waals surface area contributed by atoms with E-state index >= 15 is 0 Å². The molecule has 3 N–H and O–H groups in total. The van der Waals surface area contributed by atoms with Crippen LogP contribution in [0.4, 0.5) is 4.79 Å². The summed E-state index contributed by atoms with van der Waals surface area (Å²) in [5.74, 6) is 0. The molecule has 0 radical (unpaired) electrons. The molecule has 3 aromatic rings. The van der Waals surface area contributed by atoms with Gasteiger partial charge in [-0.15, -0.1) is 0 Å². The first-order chi connectivity index (χ1) is 13.2. The number of aliphatic hydroxyl groups excluding tert-OH is 1. The topological polar surface area (TPSA) is 66.3 Å². The Balaban J connectivity index is 1.42. The van der Waals surface area contributed by atoms with E-state index in [2.05, 4.69) is 39.5 Å². The number of amides is 2. The smallest absolute Gasteiger partial charge is 0.315 e. The fourth-order valence-electron chi connectivity index (χ4n) is 4.17. The SMILES string of the molecule is O=C(NC[C@@H](O)Cn1c2ccccc2c2ccccc21)NC1CCCCC1. The summed E-state index contributed by atoms with van der Waals surface area (Å²) in [6.45, 7) is 0.678. The van der Waals surface area contributed by atoms with Gasteiger partial charge in [-0.1, -0.05) is 55.7 Å². The number of urea groups is 1. The molecule has 2 aromatic carbocycles. The van der Waals surface area contributed by atoms with Crippen LogP contribution in [0.15, 0.2) is 48.5 Å². The second kappa shape index (κ2) is 8.01. The van der Waals surface area contributed by atoms with Crippen LogP contribution in [-0.4, -0.2) is 34.4 Å². The van der Waals surface area contributed by atoms with E-state index in [-0.39, 0.29) is 18.6 Å². The minimum Gasteiger partial charge on any atom is -0.389 e. The molecule has 5 nitrogen and oxygen atoms in total. The molecule has 0 spiro atoms. The van der Waals surface area contributed by atoms with Crippen LogP contribution < -0.4 is 10.6 Å². The third-order valence-electron chi connectivity index (χ3n) is 5.51. The van der Waals surface area contributed by atoms with Crippen LogP contribution in [0.2, 0.25) is 0 Å². The number of rotatable bonds is 5. The molecule has 27 heavy (non-hydrogen) atoms. The molecule has 0 saturated heterocycles. The van der Waals surface area contributed by atoms with Crippen molar-refractivity contribution in [1.29, 1.82) is 0 Å². The van der Waals surface area contributed by atoms with Gasteiger partial charge in [0.15, 0.2) is 0 Å². The first-order valence-corrected chi connectivity index (χ1v) is 9.91. The van der Waals surface area contributed by atoms with Crippen molar-refractivity contribution in [3.8, 4) is 0 Å². The Bertz CT molecular complexity index is 874. The molecule has 4 rings (SSSR count). The minimum absolute atomic E-state index is 0.178. The first-order valence-electron chi connectivity index (χ1n) is 9.91. The number of hydrogen-bond donors (Lipinski definition) is 3. The molecule has 0 aliphatic heterocycles. The van der Waals surface area contributed by atoms with Gasteiger partial charge in [0.25, 0.3) is 0 Å². The summed E-state index contributed by atoms with van der Waals surface area (Å²) in [7, 11) is 0. The maximum absolute atomic E-state index is 12.1. The van der Waals surface area contributed by atoms with Crippen molar-refractivity contribution in [3.05, 3.63) is 48.5 Å². The van der Waals surface area contributed by atoms with E-state index in [1.54, 1.807) is 0 Å². The van der Waals surface area contributed by atoms with Crippen LogP contribution in [0.3, 0.4) is 0 Å². The van der Waals surface area contributed by atoms with Gasteiger partial charge >= 0.3 is 6.03 Å². The predicted octanol–water partition coefficient (Wildman–Crippen LogP) is 3.79. The standard InChI is InChI=1S/C22H27N3O2/c26-17(14-23-22(27)24-16-8-2-1-3-9-16)15-25-20-12-6-4-10-18(20)19-11-5-7-13-21(19)25/h4-7,10-13,16-17,26H,1-3,8-9,14-15H2,(H2,23,24,27)/t17-/m1/s1. The largest absolute Gasteiger partial charge is 0.389 e. The van der Waals surface area contributed by atoms with Gasteiger partial charge in [0, 0.05) is 34.4 Å². The Labute approximate surface area is 159 Å². The Morgan fingerprint density at radius 3 is 2.22 bits per heavy atom. The van der Waals surface area contributed by atoms with Gasteiger partial charge in [-0.25, -0.2) is 4.79 Å². The molecule has 2 amide bonds. The molecule has 1 fully saturated rings. The third kappa shape index (κ3) is 3.93. The summed E-state index contributed by atoms with van der Waals surface area (Å²) in [4.78, 5) is 12.1. The van der Waals surface area contributed by atoms with Gasteiger partial charge < -0.3 is 20.3 Å². The lowest BCUT2D eigenvalue weighted by molar-refractivity contribution is 0.153. The van der Waals surface area contributed by atoms with Crippen LogP contribution in [0.5, 0.6) is 0 Å². The number of hydrogen-bond acceptors (Lipinski definition) is 2. The molecule has 1 saturated carbocycles. The van der Waals surface area contributed by atoms with Gasteiger partial charge in [-0.2, -0.15) is 0 Å². The van der Waals surface area contributed by atoms with Crippen molar-refractivity contribution < 1.29 is 9.90 Å². The molecule has 1 atom stereocenters. The van der Waals surface area contributed by atoms with Crippen molar-refractivity contribution in [1.82, 2.24) is 15.2 Å². The lowest BCUT2D eigenvalue weighted by atomic mass is 9.96. The summed E-state index contributed by atoms with van der Waals surface area (Å²) in [6, 6.07) is 16.6. The molecule has 0 bridgehead atoms. The number of nitrogens with one attached hydrogen (secondary N) is 2. The van der Waals surface area contributed by atoms with Gasteiger partial charge in [-0.05, 0) is 25.0 Å². The number of aliphatic hydroxyl groups is 1. The van der Waals surface area contributed by atoms with E-state index in [1.165, 1.54) is 30.0 Å². The highest BCUT2D eigenvalue weighted by atomic mass is 16.3. The van der Waals surface area contributed by atoms with Crippen molar-refractivity contribution in [2.75, 3.05) is 6.54 Å². The van der Waals surface area contributed by atoms with Gasteiger partial charge in [0.1, 0.15) is 0 Å². The van der Waals surface area contributed by atoms with E-state index in [9.17, 15) is 9.90 Å². The zero-order valence-electron chi connectivity index (χ0n) is 15.5. The molecule has 1 aliphatic carbocycles. The average Bonchev–Trinajstić information content (AvgIpc) is 3.01. The van der Waals surface area contributed by atoms with Crippen LogP contribution in [-0.2, 0) is 6.54 Å². The quantitative estimate of drug-likeness (QED) is 0.644. The zero-order valence-corrected chi connectivity index (χ0v) is 15.5. The molecule has 1 aliphatic rings. The summed E-state index contributed by atoms with van der Waals surface area (Å²) in [6.07, 6.45) is 5.08. The lowest BCUT2D eigenvalue weighted by Gasteiger charge is -2.23. The van der Waals surface area contributed by atoms with E-state index in [1.807, 2.05) is 24.3 Å². The number of aromatic nitrogens is 1. The highest BCUT2D eigenvalue weighted by molar-refractivity contribution is 6.07. The highest BCUT2D eigenvalue weighted by Crippen LogP contribution is 2.28. The van der Waals surface area contributed by atoms with E-state index in [4.69, 9.17) is 0 Å². The molecule has 5 heteroatoms. The maximum atomic E-state index is 12.1. The number of nitrogens with zero attached hydrogens (tertiary/aromatic N) is 1. The molecule has 0 unspecified atom stereocenters. The van der Waals surface area contributed by atoms with E-state index in [0.29, 0.717) is 6.54 Å². The summed E-state index contributed by atoms with van der Waals surface area (Å²) in [5, 5.41) is 18.7. The normalized spacial score (nSPS) is 16.5. The highest BCUT2D eigenvalue weighted by Gasteiger charge is 2.17. The van der Waals surface area contributed by atoms with Crippen LogP contribution in [0, 0.1) is 0 Å². The number of para-hydroxylation sites is 2. The number of fused-ring (bicyclic) bond motifs is 3.